The van der Waals surface area contributed by atoms with Crippen LogP contribution in [0, 0.1) is 6.92 Å². The number of rotatable bonds is 3. The van der Waals surface area contributed by atoms with E-state index in [-0.39, 0.29) is 10.6 Å². The summed E-state index contributed by atoms with van der Waals surface area (Å²) in [6, 6.07) is 11.2. The molecule has 0 heterocycles. The Kier molecular flexibility index (Phi) is 4.18. The first kappa shape index (κ1) is 15.3. The quantitative estimate of drug-likeness (QED) is 0.826. The zero-order valence-corrected chi connectivity index (χ0v) is 12.0. The van der Waals surface area contributed by atoms with Crippen molar-refractivity contribution in [2.24, 2.45) is 5.73 Å². The maximum absolute atomic E-state index is 13.0. The molecule has 2 aromatic carbocycles. The van der Waals surface area contributed by atoms with Gasteiger partial charge in [0.25, 0.3) is 0 Å². The van der Waals surface area contributed by atoms with Crippen molar-refractivity contribution in [2.75, 3.05) is 5.32 Å². The van der Waals surface area contributed by atoms with Gasteiger partial charge in [0.1, 0.15) is 4.99 Å². The summed E-state index contributed by atoms with van der Waals surface area (Å²) < 4.78 is 39.1. The molecule has 0 saturated carbocycles. The number of aryl methyl sites for hydroxylation is 1. The van der Waals surface area contributed by atoms with Crippen LogP contribution in [0.15, 0.2) is 42.5 Å². The smallest absolute Gasteiger partial charge is 0.389 e. The highest BCUT2D eigenvalue weighted by molar-refractivity contribution is 7.80. The van der Waals surface area contributed by atoms with Crippen molar-refractivity contribution < 1.29 is 13.2 Å². The highest BCUT2D eigenvalue weighted by Crippen LogP contribution is 2.34. The van der Waals surface area contributed by atoms with Crippen LogP contribution in [0.5, 0.6) is 0 Å². The number of nitrogens with two attached hydrogens (primary N) is 1. The van der Waals surface area contributed by atoms with E-state index in [4.69, 9.17) is 5.73 Å². The van der Waals surface area contributed by atoms with Crippen molar-refractivity contribution >= 4 is 28.6 Å². The van der Waals surface area contributed by atoms with E-state index in [1.165, 1.54) is 12.1 Å². The summed E-state index contributed by atoms with van der Waals surface area (Å²) in [6.45, 7) is 1.91. The van der Waals surface area contributed by atoms with Crippen LogP contribution in [0.1, 0.15) is 16.7 Å². The molecule has 0 aliphatic carbocycles. The first-order valence-electron chi connectivity index (χ1n) is 6.12. The minimum atomic E-state index is -4.51. The van der Waals surface area contributed by atoms with Gasteiger partial charge in [-0.2, -0.15) is 13.2 Å². The van der Waals surface area contributed by atoms with Crippen LogP contribution in [-0.2, 0) is 6.18 Å². The lowest BCUT2D eigenvalue weighted by Gasteiger charge is -2.15. The molecule has 2 aromatic rings. The number of halogens is 3. The van der Waals surface area contributed by atoms with Crippen LogP contribution in [0.25, 0.3) is 0 Å². The van der Waals surface area contributed by atoms with Crippen LogP contribution in [0.3, 0.4) is 0 Å². The second kappa shape index (κ2) is 5.73. The molecule has 0 aliphatic heterocycles. The molecule has 0 radical (unpaired) electrons. The zero-order valence-electron chi connectivity index (χ0n) is 11.2. The van der Waals surface area contributed by atoms with Crippen molar-refractivity contribution in [3.63, 3.8) is 0 Å². The van der Waals surface area contributed by atoms with E-state index in [1.807, 2.05) is 25.1 Å². The molecule has 110 valence electrons. The highest BCUT2D eigenvalue weighted by Gasteiger charge is 2.34. The molecule has 0 fully saturated rings. The molecule has 3 N–H and O–H groups in total. The Balaban J connectivity index is 2.40. The molecule has 21 heavy (non-hydrogen) atoms. The maximum atomic E-state index is 13.0. The summed E-state index contributed by atoms with van der Waals surface area (Å²) >= 11 is 4.67. The van der Waals surface area contributed by atoms with Crippen LogP contribution in [-0.4, -0.2) is 4.99 Å². The van der Waals surface area contributed by atoms with Gasteiger partial charge in [0.2, 0.25) is 0 Å². The van der Waals surface area contributed by atoms with E-state index < -0.39 is 11.7 Å². The van der Waals surface area contributed by atoms with Crippen LogP contribution in [0.2, 0.25) is 0 Å². The third kappa shape index (κ3) is 3.72. The van der Waals surface area contributed by atoms with E-state index in [1.54, 1.807) is 6.07 Å². The molecule has 0 unspecified atom stereocenters. The van der Waals surface area contributed by atoms with Gasteiger partial charge in [-0.1, -0.05) is 24.4 Å². The molecule has 2 nitrogen and oxygen atoms in total. The standard InChI is InChI=1S/C15H13F3N2S/c1-9-3-2-4-10(7-9)20-11-5-6-12(14(19)21)13(8-11)15(16,17)18/h2-8,20H,1H3,(H2,19,21). The summed E-state index contributed by atoms with van der Waals surface area (Å²) in [5.74, 6) is 0. The van der Waals surface area contributed by atoms with Crippen molar-refractivity contribution in [3.8, 4) is 0 Å². The molecule has 0 spiro atoms. The average Bonchev–Trinajstić information content (AvgIpc) is 2.37. The van der Waals surface area contributed by atoms with Crippen molar-refractivity contribution in [2.45, 2.75) is 13.1 Å². The van der Waals surface area contributed by atoms with Crippen LogP contribution < -0.4 is 11.1 Å². The molecule has 2 rings (SSSR count). The number of hydrogen-bond donors (Lipinski definition) is 2. The zero-order chi connectivity index (χ0) is 15.6. The Bertz CT molecular complexity index is 681. The third-order valence-corrected chi connectivity index (χ3v) is 3.12. The largest absolute Gasteiger partial charge is 0.417 e. The molecule has 0 saturated heterocycles. The lowest BCUT2D eigenvalue weighted by atomic mass is 10.1. The average molecular weight is 310 g/mol. The molecule has 0 aliphatic rings. The SMILES string of the molecule is Cc1cccc(Nc2ccc(C(N)=S)c(C(F)(F)F)c2)c1. The summed E-state index contributed by atoms with van der Waals surface area (Å²) in [7, 11) is 0. The molecule has 0 bridgehead atoms. The van der Waals surface area contributed by atoms with Gasteiger partial charge in [0, 0.05) is 16.9 Å². The Labute approximate surface area is 125 Å². The van der Waals surface area contributed by atoms with E-state index in [9.17, 15) is 13.2 Å². The topological polar surface area (TPSA) is 38.0 Å². The Morgan fingerprint density at radius 1 is 1.10 bits per heavy atom. The molecular formula is C15H13F3N2S. The minimum Gasteiger partial charge on any atom is -0.389 e. The van der Waals surface area contributed by atoms with Crippen molar-refractivity contribution in [1.82, 2.24) is 0 Å². The number of alkyl halides is 3. The van der Waals surface area contributed by atoms with Gasteiger partial charge in [0.05, 0.1) is 5.56 Å². The molecule has 0 amide bonds. The van der Waals surface area contributed by atoms with Crippen LogP contribution >= 0.6 is 12.2 Å². The minimum absolute atomic E-state index is 0.174. The Morgan fingerprint density at radius 2 is 1.76 bits per heavy atom. The fourth-order valence-corrected chi connectivity index (χ4v) is 2.14. The normalized spacial score (nSPS) is 11.2. The van der Waals surface area contributed by atoms with Gasteiger partial charge in [-0.05, 0) is 42.8 Å². The first-order chi connectivity index (χ1) is 9.77. The maximum Gasteiger partial charge on any atom is 0.417 e. The fraction of sp³-hybridized carbons (Fsp3) is 0.133. The second-order valence-electron chi connectivity index (χ2n) is 4.62. The van der Waals surface area contributed by atoms with Gasteiger partial charge in [-0.15, -0.1) is 0 Å². The highest BCUT2D eigenvalue weighted by atomic mass is 32.1. The summed E-state index contributed by atoms with van der Waals surface area (Å²) in [5, 5.41) is 2.94. The van der Waals surface area contributed by atoms with Gasteiger partial charge < -0.3 is 11.1 Å². The lowest BCUT2D eigenvalue weighted by molar-refractivity contribution is -0.137. The van der Waals surface area contributed by atoms with E-state index in [2.05, 4.69) is 17.5 Å². The molecule has 6 heteroatoms. The Hall–Kier alpha value is -2.08. The van der Waals surface area contributed by atoms with Gasteiger partial charge in [0.15, 0.2) is 0 Å². The van der Waals surface area contributed by atoms with Crippen molar-refractivity contribution in [3.05, 3.63) is 59.2 Å². The number of nitrogens with one attached hydrogen (secondary N) is 1. The Morgan fingerprint density at radius 3 is 2.33 bits per heavy atom. The number of anilines is 2. The molecule has 0 atom stereocenters. The van der Waals surface area contributed by atoms with Gasteiger partial charge >= 0.3 is 6.18 Å². The summed E-state index contributed by atoms with van der Waals surface area (Å²) in [6.07, 6.45) is -4.51. The predicted molar refractivity (Wildman–Crippen MR) is 81.8 cm³/mol. The predicted octanol–water partition coefficient (Wildman–Crippen LogP) is 4.39. The number of hydrogen-bond acceptors (Lipinski definition) is 2. The van der Waals surface area contributed by atoms with E-state index in [0.717, 1.165) is 11.6 Å². The van der Waals surface area contributed by atoms with Crippen molar-refractivity contribution in [1.29, 1.82) is 0 Å². The fourth-order valence-electron chi connectivity index (χ4n) is 1.96. The van der Waals surface area contributed by atoms with Gasteiger partial charge in [-0.3, -0.25) is 0 Å². The van der Waals surface area contributed by atoms with E-state index in [0.29, 0.717) is 11.4 Å². The second-order valence-corrected chi connectivity index (χ2v) is 5.06. The number of benzene rings is 2. The monoisotopic (exact) mass is 310 g/mol. The van der Waals surface area contributed by atoms with Crippen LogP contribution in [0.4, 0.5) is 24.5 Å². The van der Waals surface area contributed by atoms with Gasteiger partial charge in [-0.25, -0.2) is 0 Å². The summed E-state index contributed by atoms with van der Waals surface area (Å²) in [5.41, 5.74) is 6.38. The van der Waals surface area contributed by atoms with E-state index >= 15 is 0 Å². The first-order valence-corrected chi connectivity index (χ1v) is 6.53. The summed E-state index contributed by atoms with van der Waals surface area (Å²) in [4.78, 5) is -0.274. The number of thiocarbonyl (C=S) groups is 1. The molecular weight excluding hydrogens is 297 g/mol. The third-order valence-electron chi connectivity index (χ3n) is 2.90. The lowest BCUT2D eigenvalue weighted by Crippen LogP contribution is -2.18. The molecule has 0 aromatic heterocycles.